The number of hydrogen-bond acceptors (Lipinski definition) is 4. The molecule has 5 heteroatoms. The predicted octanol–water partition coefficient (Wildman–Crippen LogP) is 2.72. The number of hydrogen-bond donors (Lipinski definition) is 1. The summed E-state index contributed by atoms with van der Waals surface area (Å²) >= 11 is 0. The van der Waals surface area contributed by atoms with Crippen LogP contribution in [0.1, 0.15) is 30.0 Å². The minimum atomic E-state index is -0.430. The molecule has 0 fully saturated rings. The van der Waals surface area contributed by atoms with Gasteiger partial charge in [0, 0.05) is 12.1 Å². The summed E-state index contributed by atoms with van der Waals surface area (Å²) in [6, 6.07) is 6.23. The average Bonchev–Trinajstić information content (AvgIpc) is 2.73. The lowest BCUT2D eigenvalue weighted by atomic mass is 10.1. The van der Waals surface area contributed by atoms with Gasteiger partial charge < -0.3 is 15.0 Å². The van der Waals surface area contributed by atoms with Gasteiger partial charge in [0.25, 0.3) is 0 Å². The van der Waals surface area contributed by atoms with E-state index in [9.17, 15) is 4.39 Å². The Kier molecular flexibility index (Phi) is 3.62. The molecule has 0 spiro atoms. The number of halogens is 1. The van der Waals surface area contributed by atoms with Crippen LogP contribution in [0.5, 0.6) is 5.75 Å². The van der Waals surface area contributed by atoms with Crippen molar-refractivity contribution in [2.45, 2.75) is 26.5 Å². The first kappa shape index (κ1) is 12.6. The maximum absolute atomic E-state index is 13.7. The van der Waals surface area contributed by atoms with E-state index < -0.39 is 5.82 Å². The van der Waals surface area contributed by atoms with E-state index >= 15 is 0 Å². The highest BCUT2D eigenvalue weighted by Gasteiger charge is 2.08. The van der Waals surface area contributed by atoms with Crippen LogP contribution in [0.2, 0.25) is 0 Å². The van der Waals surface area contributed by atoms with Crippen LogP contribution < -0.4 is 10.5 Å². The summed E-state index contributed by atoms with van der Waals surface area (Å²) in [6.45, 7) is 3.76. The number of aryl methyl sites for hydroxylation is 1. The highest BCUT2D eigenvalue weighted by Crippen LogP contribution is 2.22. The highest BCUT2D eigenvalue weighted by atomic mass is 19.1. The minimum absolute atomic E-state index is 0.148. The standard InChI is InChI=1S/C13H15FN2O2/c1-8-5-11(18-16-8)7-17-13-4-3-10(9(2)15)6-12(13)14/h3-6,9H,7,15H2,1-2H3. The fraction of sp³-hybridized carbons (Fsp3) is 0.308. The third kappa shape index (κ3) is 2.87. The van der Waals surface area contributed by atoms with Gasteiger partial charge in [0.2, 0.25) is 0 Å². The summed E-state index contributed by atoms with van der Waals surface area (Å²) < 4.78 is 24.0. The Morgan fingerprint density at radius 2 is 2.22 bits per heavy atom. The smallest absolute Gasteiger partial charge is 0.174 e. The fourth-order valence-corrected chi connectivity index (χ4v) is 1.55. The maximum atomic E-state index is 13.7. The van der Waals surface area contributed by atoms with E-state index in [-0.39, 0.29) is 18.4 Å². The van der Waals surface area contributed by atoms with E-state index in [2.05, 4.69) is 5.16 Å². The zero-order chi connectivity index (χ0) is 13.1. The number of rotatable bonds is 4. The third-order valence-electron chi connectivity index (χ3n) is 2.53. The maximum Gasteiger partial charge on any atom is 0.174 e. The second kappa shape index (κ2) is 5.18. The minimum Gasteiger partial charge on any atom is -0.482 e. The largest absolute Gasteiger partial charge is 0.482 e. The number of aromatic nitrogens is 1. The van der Waals surface area contributed by atoms with E-state index in [1.807, 2.05) is 6.92 Å². The molecule has 0 bridgehead atoms. The molecular formula is C13H15FN2O2. The summed E-state index contributed by atoms with van der Waals surface area (Å²) in [5, 5.41) is 3.72. The van der Waals surface area contributed by atoms with Gasteiger partial charge in [0.15, 0.2) is 17.3 Å². The third-order valence-corrected chi connectivity index (χ3v) is 2.53. The first-order valence-corrected chi connectivity index (χ1v) is 5.66. The lowest BCUT2D eigenvalue weighted by Gasteiger charge is -2.09. The molecule has 0 radical (unpaired) electrons. The topological polar surface area (TPSA) is 61.3 Å². The first-order valence-electron chi connectivity index (χ1n) is 5.66. The quantitative estimate of drug-likeness (QED) is 0.906. The molecule has 18 heavy (non-hydrogen) atoms. The van der Waals surface area contributed by atoms with Crippen LogP contribution in [0.15, 0.2) is 28.8 Å². The van der Waals surface area contributed by atoms with Gasteiger partial charge in [0.1, 0.15) is 6.61 Å². The zero-order valence-corrected chi connectivity index (χ0v) is 10.3. The van der Waals surface area contributed by atoms with E-state index in [0.717, 1.165) is 11.3 Å². The second-order valence-corrected chi connectivity index (χ2v) is 4.20. The molecule has 0 saturated heterocycles. The van der Waals surface area contributed by atoms with Gasteiger partial charge in [-0.1, -0.05) is 11.2 Å². The van der Waals surface area contributed by atoms with Crippen LogP contribution in [0, 0.1) is 12.7 Å². The predicted molar refractivity (Wildman–Crippen MR) is 64.6 cm³/mol. The highest BCUT2D eigenvalue weighted by molar-refractivity contribution is 5.30. The molecule has 0 aliphatic rings. The first-order chi connectivity index (χ1) is 8.56. The zero-order valence-electron chi connectivity index (χ0n) is 10.3. The van der Waals surface area contributed by atoms with Crippen molar-refractivity contribution in [2.75, 3.05) is 0 Å². The van der Waals surface area contributed by atoms with E-state index in [1.165, 1.54) is 6.07 Å². The summed E-state index contributed by atoms with van der Waals surface area (Å²) in [5.74, 6) is 0.303. The molecule has 2 aromatic rings. The Morgan fingerprint density at radius 3 is 2.78 bits per heavy atom. The molecule has 1 heterocycles. The SMILES string of the molecule is Cc1cc(COc2ccc(C(C)N)cc2F)on1. The molecule has 1 aromatic heterocycles. The van der Waals surface area contributed by atoms with Gasteiger partial charge in [-0.3, -0.25) is 0 Å². The van der Waals surface area contributed by atoms with Gasteiger partial charge in [-0.2, -0.15) is 0 Å². The van der Waals surface area contributed by atoms with E-state index in [1.54, 1.807) is 25.1 Å². The van der Waals surface area contributed by atoms with Crippen LogP contribution in [0.4, 0.5) is 4.39 Å². The molecule has 0 aliphatic carbocycles. The summed E-state index contributed by atoms with van der Waals surface area (Å²) in [4.78, 5) is 0. The molecule has 2 rings (SSSR count). The van der Waals surface area contributed by atoms with Gasteiger partial charge >= 0.3 is 0 Å². The van der Waals surface area contributed by atoms with Crippen molar-refractivity contribution in [2.24, 2.45) is 5.73 Å². The lowest BCUT2D eigenvalue weighted by Crippen LogP contribution is -2.05. The van der Waals surface area contributed by atoms with Crippen molar-refractivity contribution < 1.29 is 13.7 Å². The lowest BCUT2D eigenvalue weighted by molar-refractivity contribution is 0.240. The summed E-state index contributed by atoms with van der Waals surface area (Å²) in [7, 11) is 0. The average molecular weight is 250 g/mol. The normalized spacial score (nSPS) is 12.4. The Hall–Kier alpha value is -1.88. The fourth-order valence-electron chi connectivity index (χ4n) is 1.55. The molecule has 0 aliphatic heterocycles. The van der Waals surface area contributed by atoms with Crippen molar-refractivity contribution in [1.82, 2.24) is 5.16 Å². The molecule has 96 valence electrons. The van der Waals surface area contributed by atoms with E-state index in [0.29, 0.717) is 5.76 Å². The summed E-state index contributed by atoms with van der Waals surface area (Å²) in [6.07, 6.45) is 0. The van der Waals surface area contributed by atoms with Crippen LogP contribution in [-0.2, 0) is 6.61 Å². The van der Waals surface area contributed by atoms with Crippen LogP contribution >= 0.6 is 0 Å². The van der Waals surface area contributed by atoms with Gasteiger partial charge in [0.05, 0.1) is 5.69 Å². The Balaban J connectivity index is 2.05. The molecule has 1 atom stereocenters. The van der Waals surface area contributed by atoms with Gasteiger partial charge in [-0.15, -0.1) is 0 Å². The number of benzene rings is 1. The number of ether oxygens (including phenoxy) is 1. The molecule has 1 aromatic carbocycles. The van der Waals surface area contributed by atoms with Crippen molar-refractivity contribution >= 4 is 0 Å². The molecule has 2 N–H and O–H groups in total. The van der Waals surface area contributed by atoms with Crippen LogP contribution in [0.3, 0.4) is 0 Å². The molecule has 4 nitrogen and oxygen atoms in total. The Morgan fingerprint density at radius 1 is 1.44 bits per heavy atom. The number of nitrogens with two attached hydrogens (primary N) is 1. The van der Waals surface area contributed by atoms with Crippen LogP contribution in [0.25, 0.3) is 0 Å². The van der Waals surface area contributed by atoms with Crippen molar-refractivity contribution in [1.29, 1.82) is 0 Å². The Bertz CT molecular complexity index is 538. The molecule has 0 amide bonds. The molecular weight excluding hydrogens is 235 g/mol. The van der Waals surface area contributed by atoms with Crippen molar-refractivity contribution in [3.8, 4) is 5.75 Å². The molecule has 0 saturated carbocycles. The Labute approximate surface area is 105 Å². The monoisotopic (exact) mass is 250 g/mol. The molecule has 1 unspecified atom stereocenters. The summed E-state index contributed by atoms with van der Waals surface area (Å²) in [5.41, 5.74) is 7.17. The van der Waals surface area contributed by atoms with Gasteiger partial charge in [-0.05, 0) is 31.5 Å². The second-order valence-electron chi connectivity index (χ2n) is 4.20. The number of nitrogens with zero attached hydrogens (tertiary/aromatic N) is 1. The van der Waals surface area contributed by atoms with Crippen LogP contribution in [-0.4, -0.2) is 5.16 Å². The van der Waals surface area contributed by atoms with Crippen molar-refractivity contribution in [3.05, 3.63) is 47.1 Å². The van der Waals surface area contributed by atoms with Crippen molar-refractivity contribution in [3.63, 3.8) is 0 Å². The van der Waals surface area contributed by atoms with E-state index in [4.69, 9.17) is 15.0 Å². The van der Waals surface area contributed by atoms with Gasteiger partial charge in [-0.25, -0.2) is 4.39 Å².